The molecule has 0 aliphatic carbocycles. The maximum atomic E-state index is 12.7. The van der Waals surface area contributed by atoms with Gasteiger partial charge in [0.15, 0.2) is 11.3 Å². The number of rotatable bonds is 6. The van der Waals surface area contributed by atoms with Gasteiger partial charge < -0.3 is 18.8 Å². The molecule has 3 aliphatic rings. The molecule has 0 radical (unpaired) electrons. The van der Waals surface area contributed by atoms with Crippen molar-refractivity contribution in [3.63, 3.8) is 0 Å². The predicted molar refractivity (Wildman–Crippen MR) is 138 cm³/mol. The molecular weight excluding hydrogens is 498 g/mol. The number of fused-ring (bicyclic) bond motifs is 2. The van der Waals surface area contributed by atoms with E-state index in [2.05, 4.69) is 18.2 Å². The van der Waals surface area contributed by atoms with Gasteiger partial charge in [-0.15, -0.1) is 0 Å². The number of likely N-dealkylation sites (tertiary alicyclic amines) is 1. The monoisotopic (exact) mass is 526 g/mol. The largest absolute Gasteiger partial charge is 0.489 e. The first-order chi connectivity index (χ1) is 18.0. The standard InChI is InChI=1S/C28H28F2N2O4S/c29-26(30)17-31-7-6-22(16-31)35-21-4-5-25-19(13-21)12-18-2-1-3-23(28(18)37-25)24-14-20(33)15-27(36-24)32-8-10-34-11-9-32/h1-5,13-15,22,26H,6-12,16-17H2/t22-/m1/s1. The van der Waals surface area contributed by atoms with Gasteiger partial charge in [-0.1, -0.05) is 30.0 Å². The summed E-state index contributed by atoms with van der Waals surface area (Å²) in [5.74, 6) is 1.91. The summed E-state index contributed by atoms with van der Waals surface area (Å²) in [7, 11) is 0. The maximum absolute atomic E-state index is 12.7. The van der Waals surface area contributed by atoms with Crippen molar-refractivity contribution in [2.24, 2.45) is 0 Å². The first kappa shape index (κ1) is 24.5. The van der Waals surface area contributed by atoms with Crippen LogP contribution in [0.3, 0.4) is 0 Å². The van der Waals surface area contributed by atoms with Crippen LogP contribution in [0, 0.1) is 0 Å². The highest BCUT2D eigenvalue weighted by Crippen LogP contribution is 2.45. The van der Waals surface area contributed by atoms with Crippen LogP contribution >= 0.6 is 11.8 Å². The molecule has 0 amide bonds. The van der Waals surface area contributed by atoms with Gasteiger partial charge in [-0.25, -0.2) is 8.78 Å². The first-order valence-electron chi connectivity index (χ1n) is 12.6. The summed E-state index contributed by atoms with van der Waals surface area (Å²) in [6.07, 6.45) is -0.912. The van der Waals surface area contributed by atoms with E-state index in [9.17, 15) is 13.6 Å². The minimum Gasteiger partial charge on any atom is -0.489 e. The van der Waals surface area contributed by atoms with Crippen LogP contribution in [0.15, 0.2) is 67.5 Å². The summed E-state index contributed by atoms with van der Waals surface area (Å²) in [6, 6.07) is 15.3. The van der Waals surface area contributed by atoms with Crippen LogP contribution in [0.4, 0.5) is 14.7 Å². The van der Waals surface area contributed by atoms with Crippen molar-refractivity contribution in [3.05, 3.63) is 69.9 Å². The van der Waals surface area contributed by atoms with Gasteiger partial charge in [-0.2, -0.15) is 0 Å². The Bertz CT molecular complexity index is 1340. The lowest BCUT2D eigenvalue weighted by molar-refractivity contribution is 0.0931. The Labute approximate surface area is 218 Å². The molecule has 0 saturated carbocycles. The van der Waals surface area contributed by atoms with Crippen molar-refractivity contribution in [3.8, 4) is 17.1 Å². The summed E-state index contributed by atoms with van der Waals surface area (Å²) in [4.78, 5) is 18.6. The van der Waals surface area contributed by atoms with Gasteiger partial charge in [0.2, 0.25) is 0 Å². The van der Waals surface area contributed by atoms with Crippen molar-refractivity contribution in [2.75, 3.05) is 50.8 Å². The highest BCUT2D eigenvalue weighted by Gasteiger charge is 2.27. The molecule has 9 heteroatoms. The lowest BCUT2D eigenvalue weighted by Gasteiger charge is -2.27. The lowest BCUT2D eigenvalue weighted by atomic mass is 10.0. The molecule has 194 valence electrons. The highest BCUT2D eigenvalue weighted by atomic mass is 32.2. The van der Waals surface area contributed by atoms with E-state index in [1.807, 2.05) is 23.1 Å². The van der Waals surface area contributed by atoms with Crippen molar-refractivity contribution in [2.45, 2.75) is 35.2 Å². The predicted octanol–water partition coefficient (Wildman–Crippen LogP) is 4.92. The summed E-state index contributed by atoms with van der Waals surface area (Å²) >= 11 is 1.67. The highest BCUT2D eigenvalue weighted by molar-refractivity contribution is 7.99. The third-order valence-corrected chi connectivity index (χ3v) is 8.30. The Morgan fingerprint density at radius 3 is 2.76 bits per heavy atom. The van der Waals surface area contributed by atoms with Crippen molar-refractivity contribution < 1.29 is 22.7 Å². The molecule has 1 atom stereocenters. The number of nitrogens with zero attached hydrogens (tertiary/aromatic N) is 2. The molecule has 2 fully saturated rings. The zero-order chi connectivity index (χ0) is 25.4. The fourth-order valence-corrected chi connectivity index (χ4v) is 6.37. The zero-order valence-corrected chi connectivity index (χ0v) is 21.1. The topological polar surface area (TPSA) is 55.2 Å². The number of morpholine rings is 1. The summed E-state index contributed by atoms with van der Waals surface area (Å²) in [5, 5.41) is 0. The van der Waals surface area contributed by atoms with E-state index in [0.29, 0.717) is 51.0 Å². The molecule has 0 spiro atoms. The second kappa shape index (κ2) is 10.5. The normalized spacial score (nSPS) is 19.6. The fraction of sp³-hybridized carbons (Fsp3) is 0.393. The minimum absolute atomic E-state index is 0.0754. The smallest absolute Gasteiger partial charge is 0.251 e. The molecule has 0 N–H and O–H groups in total. The Morgan fingerprint density at radius 2 is 1.92 bits per heavy atom. The molecular formula is C28H28F2N2O4S. The number of hydrogen-bond donors (Lipinski definition) is 0. The summed E-state index contributed by atoms with van der Waals surface area (Å²) in [6.45, 7) is 3.57. The van der Waals surface area contributed by atoms with E-state index in [1.54, 1.807) is 28.8 Å². The van der Waals surface area contributed by atoms with Crippen LogP contribution in [0.25, 0.3) is 11.3 Å². The molecule has 2 saturated heterocycles. The molecule has 3 aliphatic heterocycles. The molecule has 6 rings (SSSR count). The van der Waals surface area contributed by atoms with Gasteiger partial charge in [0, 0.05) is 53.7 Å². The second-order valence-corrected chi connectivity index (χ2v) is 10.7. The fourth-order valence-electron chi connectivity index (χ4n) is 5.20. The average molecular weight is 527 g/mol. The van der Waals surface area contributed by atoms with Gasteiger partial charge in [0.05, 0.1) is 19.8 Å². The van der Waals surface area contributed by atoms with Gasteiger partial charge >= 0.3 is 0 Å². The quantitative estimate of drug-likeness (QED) is 0.354. The first-order valence-corrected chi connectivity index (χ1v) is 13.4. The van der Waals surface area contributed by atoms with E-state index >= 15 is 0 Å². The van der Waals surface area contributed by atoms with E-state index in [1.165, 1.54) is 0 Å². The Kier molecular flexibility index (Phi) is 6.92. The molecule has 2 aromatic carbocycles. The van der Waals surface area contributed by atoms with Gasteiger partial charge in [0.25, 0.3) is 6.43 Å². The van der Waals surface area contributed by atoms with Crippen molar-refractivity contribution >= 4 is 17.6 Å². The third kappa shape index (κ3) is 5.39. The number of hydrogen-bond acceptors (Lipinski definition) is 7. The van der Waals surface area contributed by atoms with E-state index in [0.717, 1.165) is 45.1 Å². The maximum Gasteiger partial charge on any atom is 0.251 e. The van der Waals surface area contributed by atoms with Crippen molar-refractivity contribution in [1.82, 2.24) is 4.90 Å². The molecule has 0 unspecified atom stereocenters. The molecule has 3 aromatic rings. The zero-order valence-electron chi connectivity index (χ0n) is 20.3. The Hall–Kier alpha value is -2.88. The summed E-state index contributed by atoms with van der Waals surface area (Å²) < 4.78 is 43.2. The Balaban J connectivity index is 1.22. The molecule has 0 bridgehead atoms. The van der Waals surface area contributed by atoms with Crippen LogP contribution in [0.2, 0.25) is 0 Å². The second-order valence-electron chi connectivity index (χ2n) is 9.62. The summed E-state index contributed by atoms with van der Waals surface area (Å²) in [5.41, 5.74) is 3.15. The Morgan fingerprint density at radius 1 is 1.05 bits per heavy atom. The van der Waals surface area contributed by atoms with Gasteiger partial charge in [-0.05, 0) is 42.2 Å². The number of ether oxygens (including phenoxy) is 2. The van der Waals surface area contributed by atoms with Crippen molar-refractivity contribution in [1.29, 1.82) is 0 Å². The van der Waals surface area contributed by atoms with Crippen LogP contribution in [-0.2, 0) is 11.2 Å². The van der Waals surface area contributed by atoms with Crippen LogP contribution in [0.5, 0.6) is 5.75 Å². The van der Waals surface area contributed by atoms with Crippen LogP contribution in [-0.4, -0.2) is 63.4 Å². The minimum atomic E-state index is -2.32. The molecule has 6 nitrogen and oxygen atoms in total. The van der Waals surface area contributed by atoms with E-state index < -0.39 is 6.43 Å². The lowest BCUT2D eigenvalue weighted by Crippen LogP contribution is -2.36. The van der Waals surface area contributed by atoms with E-state index in [-0.39, 0.29) is 18.1 Å². The van der Waals surface area contributed by atoms with Gasteiger partial charge in [0.1, 0.15) is 17.6 Å². The average Bonchev–Trinajstić information content (AvgIpc) is 3.33. The molecule has 1 aromatic heterocycles. The number of benzene rings is 2. The number of alkyl halides is 2. The van der Waals surface area contributed by atoms with Crippen LogP contribution in [0.1, 0.15) is 17.5 Å². The van der Waals surface area contributed by atoms with Gasteiger partial charge in [-0.3, -0.25) is 9.69 Å². The number of halogens is 2. The third-order valence-electron chi connectivity index (χ3n) is 6.99. The molecule has 4 heterocycles. The van der Waals surface area contributed by atoms with Crippen LogP contribution < -0.4 is 15.1 Å². The number of anilines is 1. The molecule has 37 heavy (non-hydrogen) atoms. The SMILES string of the molecule is O=c1cc(-c2cccc3c2Sc2ccc(O[C@@H]4CCN(CC(F)F)C4)cc2C3)oc(N2CCOCC2)c1. The van der Waals surface area contributed by atoms with E-state index in [4.69, 9.17) is 13.9 Å².